The van der Waals surface area contributed by atoms with E-state index in [9.17, 15) is 4.21 Å². The van der Waals surface area contributed by atoms with Crippen molar-refractivity contribution in [1.29, 1.82) is 0 Å². The molecule has 0 saturated heterocycles. The highest BCUT2D eigenvalue weighted by atomic mass is 32.2. The number of nitrogens with zero attached hydrogens (tertiary/aromatic N) is 2. The number of anilines is 1. The Morgan fingerprint density at radius 2 is 2.25 bits per heavy atom. The Bertz CT molecular complexity index is 360. The van der Waals surface area contributed by atoms with Crippen molar-refractivity contribution in [1.82, 2.24) is 9.55 Å². The van der Waals surface area contributed by atoms with Crippen LogP contribution in [0.25, 0.3) is 0 Å². The standard InChI is InChI=1S/C11H21N3OS/c1-9(2)12-11-13-10(3)8-14(11)6-5-7-16(4)15/h8-9H,5-7H2,1-4H3,(H,12,13). The summed E-state index contributed by atoms with van der Waals surface area (Å²) in [5.74, 6) is 1.66. The maximum absolute atomic E-state index is 11.0. The Morgan fingerprint density at radius 3 is 2.81 bits per heavy atom. The summed E-state index contributed by atoms with van der Waals surface area (Å²) in [6, 6.07) is 0.376. The average molecular weight is 243 g/mol. The molecule has 0 aliphatic rings. The second-order valence-corrected chi connectivity index (χ2v) is 5.88. The van der Waals surface area contributed by atoms with Gasteiger partial charge in [0.25, 0.3) is 0 Å². The summed E-state index contributed by atoms with van der Waals surface area (Å²) in [6.07, 6.45) is 4.70. The third-order valence-electron chi connectivity index (χ3n) is 2.15. The first kappa shape index (κ1) is 13.2. The molecule has 1 atom stereocenters. The van der Waals surface area contributed by atoms with Crippen molar-refractivity contribution < 1.29 is 4.21 Å². The summed E-state index contributed by atoms with van der Waals surface area (Å²) in [5, 5.41) is 3.31. The second kappa shape index (κ2) is 6.03. The molecule has 0 saturated carbocycles. The molecular formula is C11H21N3OS. The number of hydrogen-bond donors (Lipinski definition) is 1. The molecule has 0 aromatic carbocycles. The van der Waals surface area contributed by atoms with Crippen molar-refractivity contribution in [2.24, 2.45) is 0 Å². The minimum atomic E-state index is -0.704. The Kier molecular flexibility index (Phi) is 4.99. The van der Waals surface area contributed by atoms with Gasteiger partial charge in [-0.15, -0.1) is 0 Å². The Labute approximate surface area is 99.9 Å². The highest BCUT2D eigenvalue weighted by Gasteiger charge is 2.06. The Hall–Kier alpha value is -0.840. The van der Waals surface area contributed by atoms with Gasteiger partial charge in [0.1, 0.15) is 0 Å². The number of hydrogen-bond acceptors (Lipinski definition) is 3. The number of rotatable bonds is 6. The number of aromatic nitrogens is 2. The van der Waals surface area contributed by atoms with Gasteiger partial charge in [-0.2, -0.15) is 0 Å². The molecule has 0 aliphatic heterocycles. The van der Waals surface area contributed by atoms with Crippen LogP contribution in [-0.2, 0) is 17.3 Å². The van der Waals surface area contributed by atoms with Crippen LogP contribution >= 0.6 is 0 Å². The zero-order valence-electron chi connectivity index (χ0n) is 10.5. The molecule has 92 valence electrons. The van der Waals surface area contributed by atoms with Crippen LogP contribution in [0.15, 0.2) is 6.20 Å². The topological polar surface area (TPSA) is 46.9 Å². The van der Waals surface area contributed by atoms with E-state index in [0.29, 0.717) is 6.04 Å². The molecule has 0 aliphatic carbocycles. The van der Waals surface area contributed by atoms with E-state index in [-0.39, 0.29) is 0 Å². The molecular weight excluding hydrogens is 222 g/mol. The van der Waals surface area contributed by atoms with E-state index in [2.05, 4.69) is 28.7 Å². The molecule has 1 rings (SSSR count). The predicted octanol–water partition coefficient (Wildman–Crippen LogP) is 1.78. The summed E-state index contributed by atoms with van der Waals surface area (Å²) >= 11 is 0. The molecule has 0 bridgehead atoms. The summed E-state index contributed by atoms with van der Waals surface area (Å²) in [4.78, 5) is 4.42. The molecule has 0 amide bonds. The van der Waals surface area contributed by atoms with Gasteiger partial charge in [-0.05, 0) is 27.2 Å². The quantitative estimate of drug-likeness (QED) is 0.828. The third-order valence-corrected chi connectivity index (χ3v) is 3.01. The minimum absolute atomic E-state index is 0.376. The molecule has 0 radical (unpaired) electrons. The lowest BCUT2D eigenvalue weighted by Crippen LogP contribution is -2.15. The molecule has 0 spiro atoms. The van der Waals surface area contributed by atoms with Crippen LogP contribution in [0, 0.1) is 6.92 Å². The number of imidazole rings is 1. The molecule has 16 heavy (non-hydrogen) atoms. The van der Waals surface area contributed by atoms with Crippen LogP contribution < -0.4 is 5.32 Å². The summed E-state index contributed by atoms with van der Waals surface area (Å²) in [5.41, 5.74) is 1.01. The van der Waals surface area contributed by atoms with E-state index in [1.54, 1.807) is 6.26 Å². The number of nitrogens with one attached hydrogen (secondary N) is 1. The van der Waals surface area contributed by atoms with E-state index in [1.807, 2.05) is 13.1 Å². The maximum Gasteiger partial charge on any atom is 0.203 e. The summed E-state index contributed by atoms with van der Waals surface area (Å²) in [7, 11) is -0.704. The largest absolute Gasteiger partial charge is 0.353 e. The molecule has 5 heteroatoms. The third kappa shape index (κ3) is 4.35. The molecule has 4 nitrogen and oxygen atoms in total. The first-order valence-electron chi connectivity index (χ1n) is 5.59. The highest BCUT2D eigenvalue weighted by Crippen LogP contribution is 2.10. The van der Waals surface area contributed by atoms with Crippen molar-refractivity contribution >= 4 is 16.7 Å². The van der Waals surface area contributed by atoms with Gasteiger partial charge < -0.3 is 9.88 Å². The van der Waals surface area contributed by atoms with Crippen LogP contribution in [0.2, 0.25) is 0 Å². The van der Waals surface area contributed by atoms with Gasteiger partial charge in [-0.1, -0.05) is 0 Å². The SMILES string of the molecule is Cc1cn(CCCS(C)=O)c(NC(C)C)n1. The molecule has 1 N–H and O–H groups in total. The van der Waals surface area contributed by atoms with Crippen molar-refractivity contribution in [3.63, 3.8) is 0 Å². The van der Waals surface area contributed by atoms with E-state index in [0.717, 1.165) is 30.4 Å². The van der Waals surface area contributed by atoms with E-state index in [1.165, 1.54) is 0 Å². The van der Waals surface area contributed by atoms with Crippen molar-refractivity contribution in [3.8, 4) is 0 Å². The van der Waals surface area contributed by atoms with E-state index in [4.69, 9.17) is 0 Å². The van der Waals surface area contributed by atoms with Gasteiger partial charge in [0.15, 0.2) is 0 Å². The smallest absolute Gasteiger partial charge is 0.203 e. The summed E-state index contributed by atoms with van der Waals surface area (Å²) < 4.78 is 13.1. The average Bonchev–Trinajstić information content (AvgIpc) is 2.44. The Morgan fingerprint density at radius 1 is 1.56 bits per heavy atom. The van der Waals surface area contributed by atoms with Gasteiger partial charge in [0.2, 0.25) is 5.95 Å². The fourth-order valence-electron chi connectivity index (χ4n) is 1.53. The van der Waals surface area contributed by atoms with Gasteiger partial charge in [0, 0.05) is 41.6 Å². The number of aryl methyl sites for hydroxylation is 2. The molecule has 1 aromatic rings. The molecule has 0 fully saturated rings. The van der Waals surface area contributed by atoms with Crippen molar-refractivity contribution in [3.05, 3.63) is 11.9 Å². The maximum atomic E-state index is 11.0. The fraction of sp³-hybridized carbons (Fsp3) is 0.727. The highest BCUT2D eigenvalue weighted by molar-refractivity contribution is 7.84. The monoisotopic (exact) mass is 243 g/mol. The van der Waals surface area contributed by atoms with Crippen molar-refractivity contribution in [2.45, 2.75) is 39.8 Å². The van der Waals surface area contributed by atoms with Gasteiger partial charge in [-0.3, -0.25) is 4.21 Å². The molecule has 1 unspecified atom stereocenters. The van der Waals surface area contributed by atoms with Gasteiger partial charge in [-0.25, -0.2) is 4.98 Å². The first-order valence-corrected chi connectivity index (χ1v) is 7.32. The van der Waals surface area contributed by atoms with Crippen LogP contribution in [0.3, 0.4) is 0 Å². The fourth-order valence-corrected chi connectivity index (χ4v) is 2.06. The zero-order chi connectivity index (χ0) is 12.1. The van der Waals surface area contributed by atoms with Crippen molar-refractivity contribution in [2.75, 3.05) is 17.3 Å². The van der Waals surface area contributed by atoms with Crippen LogP contribution in [0.5, 0.6) is 0 Å². The summed E-state index contributed by atoms with van der Waals surface area (Å²) in [6.45, 7) is 7.04. The van der Waals surface area contributed by atoms with Crippen LogP contribution in [0.1, 0.15) is 26.0 Å². The van der Waals surface area contributed by atoms with E-state index >= 15 is 0 Å². The normalized spacial score (nSPS) is 13.1. The lowest BCUT2D eigenvalue weighted by Gasteiger charge is -2.11. The molecule has 1 heterocycles. The van der Waals surface area contributed by atoms with Gasteiger partial charge in [0.05, 0.1) is 5.69 Å². The minimum Gasteiger partial charge on any atom is -0.353 e. The first-order chi connectivity index (χ1) is 7.49. The second-order valence-electron chi connectivity index (χ2n) is 4.33. The van der Waals surface area contributed by atoms with Gasteiger partial charge >= 0.3 is 0 Å². The Balaban J connectivity index is 2.59. The zero-order valence-corrected chi connectivity index (χ0v) is 11.3. The lowest BCUT2D eigenvalue weighted by molar-refractivity contribution is 0.659. The lowest BCUT2D eigenvalue weighted by atomic mass is 10.4. The predicted molar refractivity (Wildman–Crippen MR) is 69.3 cm³/mol. The van der Waals surface area contributed by atoms with Crippen LogP contribution in [0.4, 0.5) is 5.95 Å². The van der Waals surface area contributed by atoms with E-state index < -0.39 is 10.8 Å². The molecule has 1 aromatic heterocycles. The van der Waals surface area contributed by atoms with Crippen LogP contribution in [-0.4, -0.2) is 31.8 Å².